The molecule has 1 aliphatic heterocycles. The van der Waals surface area contributed by atoms with Crippen molar-refractivity contribution < 1.29 is 23.7 Å². The zero-order valence-corrected chi connectivity index (χ0v) is 22.3. The monoisotopic (exact) mass is 543 g/mol. The fourth-order valence-corrected chi connectivity index (χ4v) is 4.51. The van der Waals surface area contributed by atoms with Gasteiger partial charge in [0.15, 0.2) is 17.3 Å². The normalized spacial score (nSPS) is 11.6. The van der Waals surface area contributed by atoms with Gasteiger partial charge in [0.2, 0.25) is 0 Å². The fourth-order valence-electron chi connectivity index (χ4n) is 4.51. The van der Waals surface area contributed by atoms with E-state index in [1.807, 2.05) is 36.4 Å². The van der Waals surface area contributed by atoms with Crippen LogP contribution in [0.3, 0.4) is 0 Å². The van der Waals surface area contributed by atoms with Gasteiger partial charge in [0, 0.05) is 35.2 Å². The Hall–Kier alpha value is -5.60. The molecule has 5 rings (SSSR count). The molecule has 3 aromatic carbocycles. The van der Waals surface area contributed by atoms with Crippen LogP contribution in [0.5, 0.6) is 23.0 Å². The summed E-state index contributed by atoms with van der Waals surface area (Å²) in [5.41, 5.74) is 4.82. The Labute approximate surface area is 237 Å². The van der Waals surface area contributed by atoms with E-state index in [0.29, 0.717) is 69.6 Å². The number of rotatable bonds is 9. The van der Waals surface area contributed by atoms with E-state index >= 15 is 0 Å². The second-order valence-electron chi connectivity index (χ2n) is 9.23. The minimum atomic E-state index is -0.183. The molecule has 202 valence electrons. The van der Waals surface area contributed by atoms with E-state index in [1.54, 1.807) is 30.5 Å². The first-order valence-electron chi connectivity index (χ1n) is 12.8. The summed E-state index contributed by atoms with van der Waals surface area (Å²) in [5.74, 6) is 1.90. The Morgan fingerprint density at radius 3 is 2.54 bits per heavy atom. The number of carbonyl (C=O) groups is 1. The zero-order valence-electron chi connectivity index (χ0n) is 22.3. The summed E-state index contributed by atoms with van der Waals surface area (Å²) in [6.07, 6.45) is 4.66. The number of ketones is 1. The van der Waals surface area contributed by atoms with Gasteiger partial charge in [-0.1, -0.05) is 36.9 Å². The van der Waals surface area contributed by atoms with Gasteiger partial charge in [-0.3, -0.25) is 9.78 Å². The van der Waals surface area contributed by atoms with Gasteiger partial charge in [-0.2, -0.15) is 10.5 Å². The van der Waals surface area contributed by atoms with Gasteiger partial charge < -0.3 is 18.9 Å². The SMILES string of the molecule is C=Cc1cc(C(C)=O)c(OCc2cncc(C#N)c2)cc1OCc1cccc(-c2ccc3c(c2)OCCO3)c1C#N. The lowest BCUT2D eigenvalue weighted by atomic mass is 9.96. The highest BCUT2D eigenvalue weighted by molar-refractivity contribution is 5.98. The van der Waals surface area contributed by atoms with Crippen LogP contribution in [0.1, 0.15) is 45.1 Å². The molecule has 8 nitrogen and oxygen atoms in total. The highest BCUT2D eigenvalue weighted by atomic mass is 16.6. The smallest absolute Gasteiger partial charge is 0.163 e. The van der Waals surface area contributed by atoms with E-state index < -0.39 is 0 Å². The summed E-state index contributed by atoms with van der Waals surface area (Å²) in [5, 5.41) is 19.2. The van der Waals surface area contributed by atoms with Crippen LogP contribution in [0, 0.1) is 22.7 Å². The van der Waals surface area contributed by atoms with E-state index in [0.717, 1.165) is 11.1 Å². The Morgan fingerprint density at radius 2 is 1.78 bits per heavy atom. The second-order valence-corrected chi connectivity index (χ2v) is 9.23. The van der Waals surface area contributed by atoms with Crippen LogP contribution in [-0.4, -0.2) is 24.0 Å². The predicted molar refractivity (Wildman–Crippen MR) is 152 cm³/mol. The van der Waals surface area contributed by atoms with E-state index in [-0.39, 0.29) is 19.0 Å². The quantitative estimate of drug-likeness (QED) is 0.227. The van der Waals surface area contributed by atoms with Crippen LogP contribution >= 0.6 is 0 Å². The van der Waals surface area contributed by atoms with Crippen molar-refractivity contribution in [2.24, 2.45) is 0 Å². The number of carbonyl (C=O) groups excluding carboxylic acids is 1. The van der Waals surface area contributed by atoms with Crippen molar-refractivity contribution in [3.63, 3.8) is 0 Å². The van der Waals surface area contributed by atoms with Gasteiger partial charge in [-0.05, 0) is 42.3 Å². The Balaban J connectivity index is 1.42. The lowest BCUT2D eigenvalue weighted by Gasteiger charge is -2.19. The van der Waals surface area contributed by atoms with Gasteiger partial charge in [0.25, 0.3) is 0 Å². The van der Waals surface area contributed by atoms with Gasteiger partial charge >= 0.3 is 0 Å². The lowest BCUT2D eigenvalue weighted by molar-refractivity contribution is 0.101. The minimum Gasteiger partial charge on any atom is -0.488 e. The minimum absolute atomic E-state index is 0.0924. The number of Topliss-reactive ketones (excluding diaryl/α,β-unsaturated/α-hetero) is 1. The van der Waals surface area contributed by atoms with E-state index in [9.17, 15) is 10.1 Å². The van der Waals surface area contributed by atoms with E-state index in [4.69, 9.17) is 24.2 Å². The summed E-state index contributed by atoms with van der Waals surface area (Å²) in [6.45, 7) is 6.49. The number of benzene rings is 3. The molecular formula is C33H25N3O5. The molecule has 41 heavy (non-hydrogen) atoms. The molecule has 0 amide bonds. The first-order chi connectivity index (χ1) is 20.0. The molecule has 0 aliphatic carbocycles. The van der Waals surface area contributed by atoms with Crippen molar-refractivity contribution in [2.75, 3.05) is 13.2 Å². The molecule has 1 aliphatic rings. The number of aromatic nitrogens is 1. The molecule has 0 saturated heterocycles. The summed E-state index contributed by atoms with van der Waals surface area (Å²) in [7, 11) is 0. The molecule has 0 radical (unpaired) electrons. The molecule has 0 saturated carbocycles. The van der Waals surface area contributed by atoms with Crippen molar-refractivity contribution in [3.8, 4) is 46.3 Å². The third kappa shape index (κ3) is 5.88. The molecule has 2 heterocycles. The fraction of sp³-hybridized carbons (Fsp3) is 0.152. The standard InChI is InChI=1S/C33H25N3O5/c1-3-24-12-28(21(2)37)32(40-19-23-11-22(15-34)17-36-18-23)14-31(24)41-20-26-5-4-6-27(29(26)16-35)25-7-8-30-33(13-25)39-10-9-38-30/h3-8,11-14,17-18H,1,9-10,19-20H2,2H3. The van der Waals surface area contributed by atoms with E-state index in [2.05, 4.69) is 23.7 Å². The number of ether oxygens (including phenoxy) is 4. The predicted octanol–water partition coefficient (Wildman–Crippen LogP) is 6.27. The van der Waals surface area contributed by atoms with Crippen LogP contribution in [-0.2, 0) is 13.2 Å². The molecule has 4 aromatic rings. The molecule has 0 N–H and O–H groups in total. The van der Waals surface area contributed by atoms with Gasteiger partial charge in [-0.15, -0.1) is 0 Å². The molecule has 8 heteroatoms. The molecule has 1 aromatic heterocycles. The van der Waals surface area contributed by atoms with Crippen LogP contribution in [0.2, 0.25) is 0 Å². The maximum Gasteiger partial charge on any atom is 0.163 e. The topological polar surface area (TPSA) is 114 Å². The third-order valence-corrected chi connectivity index (χ3v) is 6.53. The summed E-state index contributed by atoms with van der Waals surface area (Å²) >= 11 is 0. The molecule has 0 bridgehead atoms. The lowest BCUT2D eigenvalue weighted by Crippen LogP contribution is -2.15. The van der Waals surface area contributed by atoms with Crippen LogP contribution in [0.15, 0.2) is 73.6 Å². The Kier molecular flexibility index (Phi) is 7.94. The number of nitriles is 2. The largest absolute Gasteiger partial charge is 0.488 e. The van der Waals surface area contributed by atoms with Crippen LogP contribution in [0.4, 0.5) is 0 Å². The van der Waals surface area contributed by atoms with Crippen molar-refractivity contribution in [1.82, 2.24) is 4.98 Å². The zero-order chi connectivity index (χ0) is 28.8. The van der Waals surface area contributed by atoms with Crippen LogP contribution in [0.25, 0.3) is 17.2 Å². The highest BCUT2D eigenvalue weighted by Crippen LogP contribution is 2.37. The van der Waals surface area contributed by atoms with Crippen LogP contribution < -0.4 is 18.9 Å². The number of pyridine rings is 1. The molecule has 0 fully saturated rings. The number of fused-ring (bicyclic) bond motifs is 1. The number of hydrogen-bond acceptors (Lipinski definition) is 8. The van der Waals surface area contributed by atoms with Crippen molar-refractivity contribution in [3.05, 3.63) is 107 Å². The molecule has 0 unspecified atom stereocenters. The maximum atomic E-state index is 12.4. The van der Waals surface area contributed by atoms with Gasteiger partial charge in [-0.25, -0.2) is 0 Å². The van der Waals surface area contributed by atoms with Gasteiger partial charge in [0.05, 0.1) is 16.7 Å². The van der Waals surface area contributed by atoms with Crippen molar-refractivity contribution in [2.45, 2.75) is 20.1 Å². The van der Waals surface area contributed by atoms with Gasteiger partial charge in [0.1, 0.15) is 50.1 Å². The summed E-state index contributed by atoms with van der Waals surface area (Å²) in [6, 6.07) is 20.6. The number of nitrogens with zero attached hydrogens (tertiary/aromatic N) is 3. The average molecular weight is 544 g/mol. The van der Waals surface area contributed by atoms with Crippen molar-refractivity contribution in [1.29, 1.82) is 10.5 Å². The van der Waals surface area contributed by atoms with Crippen molar-refractivity contribution >= 4 is 11.9 Å². The maximum absolute atomic E-state index is 12.4. The Morgan fingerprint density at radius 1 is 0.976 bits per heavy atom. The highest BCUT2D eigenvalue weighted by Gasteiger charge is 2.18. The molecule has 0 atom stereocenters. The molecule has 0 spiro atoms. The average Bonchev–Trinajstić information content (AvgIpc) is 3.02. The summed E-state index contributed by atoms with van der Waals surface area (Å²) < 4.78 is 23.5. The molecular weight excluding hydrogens is 518 g/mol. The van der Waals surface area contributed by atoms with E-state index in [1.165, 1.54) is 13.1 Å². The Bertz CT molecular complexity index is 1730. The second kappa shape index (κ2) is 12.1. The number of hydrogen-bond donors (Lipinski definition) is 0. The first kappa shape index (κ1) is 27.0. The first-order valence-corrected chi connectivity index (χ1v) is 12.8. The summed E-state index contributed by atoms with van der Waals surface area (Å²) in [4.78, 5) is 16.5. The third-order valence-electron chi connectivity index (χ3n) is 6.53.